The van der Waals surface area contributed by atoms with Crippen molar-refractivity contribution in [2.24, 2.45) is 0 Å². The second kappa shape index (κ2) is 6.11. The highest BCUT2D eigenvalue weighted by Crippen LogP contribution is 2.13. The van der Waals surface area contributed by atoms with Crippen molar-refractivity contribution in [1.29, 1.82) is 0 Å². The molecule has 0 fully saturated rings. The van der Waals surface area contributed by atoms with Crippen LogP contribution >= 0.6 is 0 Å². The Morgan fingerprint density at radius 1 is 1.15 bits per heavy atom. The van der Waals surface area contributed by atoms with Crippen LogP contribution in [0, 0.1) is 17.5 Å². The van der Waals surface area contributed by atoms with Gasteiger partial charge in [-0.1, -0.05) is 0 Å². The van der Waals surface area contributed by atoms with Crippen LogP contribution in [0.15, 0.2) is 12.1 Å². The molecular weight excluding hydrogens is 293 g/mol. The molecule has 114 valence electrons. The average molecular weight is 310 g/mol. The van der Waals surface area contributed by atoms with Gasteiger partial charge in [-0.05, 0) is 31.5 Å². The summed E-state index contributed by atoms with van der Waals surface area (Å²) in [7, 11) is -3.36. The summed E-state index contributed by atoms with van der Waals surface area (Å²) >= 11 is 0. The Kier molecular flexibility index (Phi) is 5.17. The molecule has 0 amide bonds. The first-order chi connectivity index (χ1) is 9.00. The van der Waals surface area contributed by atoms with Crippen LogP contribution in [0.5, 0.6) is 0 Å². The third kappa shape index (κ3) is 5.48. The zero-order valence-corrected chi connectivity index (χ0v) is 12.2. The molecule has 2 N–H and O–H groups in total. The summed E-state index contributed by atoms with van der Waals surface area (Å²) in [6, 6.07) is 1.78. The maximum Gasteiger partial charge on any atom is 0.209 e. The molecule has 0 radical (unpaired) electrons. The van der Waals surface area contributed by atoms with Gasteiger partial charge >= 0.3 is 0 Å². The first-order valence-corrected chi connectivity index (χ1v) is 7.72. The Morgan fingerprint density at radius 2 is 1.65 bits per heavy atom. The summed E-state index contributed by atoms with van der Waals surface area (Å²) in [6.07, 6.45) is 1.04. The van der Waals surface area contributed by atoms with Crippen molar-refractivity contribution in [2.75, 3.05) is 12.8 Å². The van der Waals surface area contributed by atoms with Crippen LogP contribution in [0.1, 0.15) is 19.4 Å². The minimum Gasteiger partial charge on any atom is -0.311 e. The number of hydrogen-bond acceptors (Lipinski definition) is 3. The van der Waals surface area contributed by atoms with Gasteiger partial charge in [0.15, 0.2) is 17.5 Å². The van der Waals surface area contributed by atoms with E-state index in [9.17, 15) is 21.6 Å². The molecule has 0 atom stereocenters. The predicted molar refractivity (Wildman–Crippen MR) is 70.1 cm³/mol. The zero-order valence-electron chi connectivity index (χ0n) is 11.4. The molecule has 0 saturated heterocycles. The minimum absolute atomic E-state index is 0.0863. The van der Waals surface area contributed by atoms with Crippen LogP contribution in [0.2, 0.25) is 0 Å². The lowest BCUT2D eigenvalue weighted by molar-refractivity contribution is 0.418. The van der Waals surface area contributed by atoms with E-state index in [0.717, 1.165) is 18.4 Å². The zero-order chi connectivity index (χ0) is 15.6. The minimum atomic E-state index is -3.36. The van der Waals surface area contributed by atoms with Gasteiger partial charge in [-0.2, -0.15) is 0 Å². The SMILES string of the molecule is CC(C)(CNCc1cc(F)c(F)c(F)c1)NS(C)(=O)=O. The molecule has 1 aromatic rings. The van der Waals surface area contributed by atoms with Gasteiger partial charge in [0.05, 0.1) is 6.26 Å². The molecule has 0 aliphatic carbocycles. The summed E-state index contributed by atoms with van der Waals surface area (Å²) in [6.45, 7) is 3.64. The van der Waals surface area contributed by atoms with Crippen molar-refractivity contribution in [1.82, 2.24) is 10.0 Å². The molecule has 1 rings (SSSR count). The lowest BCUT2D eigenvalue weighted by atomic mass is 10.1. The first-order valence-electron chi connectivity index (χ1n) is 5.83. The van der Waals surface area contributed by atoms with Crippen molar-refractivity contribution in [3.63, 3.8) is 0 Å². The predicted octanol–water partition coefficient (Wildman–Crippen LogP) is 1.52. The van der Waals surface area contributed by atoms with Crippen molar-refractivity contribution >= 4 is 10.0 Å². The van der Waals surface area contributed by atoms with Gasteiger partial charge in [0.25, 0.3) is 0 Å². The largest absolute Gasteiger partial charge is 0.311 e. The van der Waals surface area contributed by atoms with Crippen molar-refractivity contribution in [2.45, 2.75) is 25.9 Å². The highest BCUT2D eigenvalue weighted by Gasteiger charge is 2.21. The fraction of sp³-hybridized carbons (Fsp3) is 0.500. The summed E-state index contributed by atoms with van der Waals surface area (Å²) < 4.78 is 63.4. The average Bonchev–Trinajstić information content (AvgIpc) is 2.21. The number of sulfonamides is 1. The van der Waals surface area contributed by atoms with Crippen LogP contribution in [0.25, 0.3) is 0 Å². The highest BCUT2D eigenvalue weighted by atomic mass is 32.2. The summed E-state index contributed by atoms with van der Waals surface area (Å²) in [4.78, 5) is 0. The number of halogens is 3. The molecule has 0 aliphatic heterocycles. The van der Waals surface area contributed by atoms with Crippen LogP contribution < -0.4 is 10.0 Å². The highest BCUT2D eigenvalue weighted by molar-refractivity contribution is 7.88. The molecular formula is C12H17F3N2O2S. The van der Waals surface area contributed by atoms with Gasteiger partial charge in [0.1, 0.15) is 0 Å². The van der Waals surface area contributed by atoms with E-state index in [0.29, 0.717) is 0 Å². The lowest BCUT2D eigenvalue weighted by Gasteiger charge is -2.25. The molecule has 4 nitrogen and oxygen atoms in total. The molecule has 0 heterocycles. The van der Waals surface area contributed by atoms with E-state index in [1.807, 2.05) is 0 Å². The van der Waals surface area contributed by atoms with Crippen LogP contribution in [-0.2, 0) is 16.6 Å². The third-order valence-electron chi connectivity index (χ3n) is 2.40. The molecule has 0 saturated carbocycles. The van der Waals surface area contributed by atoms with E-state index >= 15 is 0 Å². The molecule has 8 heteroatoms. The number of benzene rings is 1. The number of nitrogens with one attached hydrogen (secondary N) is 2. The normalized spacial score (nSPS) is 12.7. The first kappa shape index (κ1) is 16.9. The lowest BCUT2D eigenvalue weighted by Crippen LogP contribution is -2.49. The molecule has 0 aromatic heterocycles. The maximum absolute atomic E-state index is 13.0. The van der Waals surface area contributed by atoms with E-state index in [2.05, 4.69) is 10.0 Å². The van der Waals surface area contributed by atoms with E-state index in [1.54, 1.807) is 13.8 Å². The number of rotatable bonds is 6. The van der Waals surface area contributed by atoms with Crippen LogP contribution in [0.3, 0.4) is 0 Å². The Hall–Kier alpha value is -1.12. The van der Waals surface area contributed by atoms with Crippen molar-refractivity contribution < 1.29 is 21.6 Å². The summed E-state index contributed by atoms with van der Waals surface area (Å²) in [5.74, 6) is -4.02. The van der Waals surface area contributed by atoms with Gasteiger partial charge in [0, 0.05) is 18.6 Å². The summed E-state index contributed by atoms with van der Waals surface area (Å²) in [5.41, 5.74) is -0.526. The second-order valence-corrected chi connectivity index (χ2v) is 6.98. The van der Waals surface area contributed by atoms with Crippen molar-refractivity contribution in [3.05, 3.63) is 35.1 Å². The molecule has 0 unspecified atom stereocenters. The smallest absolute Gasteiger partial charge is 0.209 e. The Morgan fingerprint density at radius 3 is 2.10 bits per heavy atom. The van der Waals surface area contributed by atoms with Gasteiger partial charge in [0.2, 0.25) is 10.0 Å². The summed E-state index contributed by atoms with van der Waals surface area (Å²) in [5, 5.41) is 2.86. The standard InChI is InChI=1S/C12H17F3N2O2S/c1-12(2,17-20(3,18)19)7-16-6-8-4-9(13)11(15)10(14)5-8/h4-5,16-17H,6-7H2,1-3H3. The van der Waals surface area contributed by atoms with Gasteiger partial charge in [-0.15, -0.1) is 0 Å². The molecule has 0 bridgehead atoms. The van der Waals surface area contributed by atoms with Gasteiger partial charge in [-0.25, -0.2) is 26.3 Å². The van der Waals surface area contributed by atoms with E-state index in [4.69, 9.17) is 0 Å². The molecule has 1 aromatic carbocycles. The maximum atomic E-state index is 13.0. The van der Waals surface area contributed by atoms with Crippen LogP contribution in [-0.4, -0.2) is 26.8 Å². The quantitative estimate of drug-likeness (QED) is 0.783. The Balaban J connectivity index is 2.61. The van der Waals surface area contributed by atoms with Crippen molar-refractivity contribution in [3.8, 4) is 0 Å². The Labute approximate surface area is 116 Å². The van der Waals surface area contributed by atoms with E-state index in [1.165, 1.54) is 0 Å². The topological polar surface area (TPSA) is 58.2 Å². The molecule has 0 aliphatic rings. The van der Waals surface area contributed by atoms with Gasteiger partial charge in [-0.3, -0.25) is 0 Å². The van der Waals surface area contributed by atoms with Gasteiger partial charge < -0.3 is 5.32 Å². The number of hydrogen-bond donors (Lipinski definition) is 2. The fourth-order valence-corrected chi connectivity index (χ4v) is 2.84. The monoisotopic (exact) mass is 310 g/mol. The second-order valence-electron chi connectivity index (χ2n) is 5.24. The van der Waals surface area contributed by atoms with E-state index in [-0.39, 0.29) is 18.7 Å². The van der Waals surface area contributed by atoms with Crippen LogP contribution in [0.4, 0.5) is 13.2 Å². The molecule has 20 heavy (non-hydrogen) atoms. The molecule has 0 spiro atoms. The fourth-order valence-electron chi connectivity index (χ4n) is 1.77. The van der Waals surface area contributed by atoms with E-state index < -0.39 is 33.0 Å². The Bertz CT molecular complexity index is 565. The third-order valence-corrected chi connectivity index (χ3v) is 3.32.